The summed E-state index contributed by atoms with van der Waals surface area (Å²) in [5.41, 5.74) is 3.96. The van der Waals surface area contributed by atoms with Crippen molar-refractivity contribution in [3.05, 3.63) is 82.2 Å². The number of imidazole rings is 1. The van der Waals surface area contributed by atoms with Crippen molar-refractivity contribution in [2.24, 2.45) is 0 Å². The van der Waals surface area contributed by atoms with Crippen LogP contribution in [0.5, 0.6) is 0 Å². The molecule has 1 amide bonds. The van der Waals surface area contributed by atoms with Crippen LogP contribution in [0.2, 0.25) is 0 Å². The monoisotopic (exact) mass is 404 g/mol. The van der Waals surface area contributed by atoms with Crippen LogP contribution < -0.4 is 11.0 Å². The van der Waals surface area contributed by atoms with Crippen molar-refractivity contribution in [1.82, 2.24) is 29.2 Å². The van der Waals surface area contributed by atoms with E-state index in [0.29, 0.717) is 37.5 Å². The summed E-state index contributed by atoms with van der Waals surface area (Å²) in [5.74, 6) is -0.209. The van der Waals surface area contributed by atoms with Crippen molar-refractivity contribution in [1.29, 1.82) is 0 Å². The lowest BCUT2D eigenvalue weighted by Gasteiger charge is -2.07. The average molecular weight is 404 g/mol. The first-order valence-corrected chi connectivity index (χ1v) is 9.98. The van der Waals surface area contributed by atoms with Gasteiger partial charge in [-0.3, -0.25) is 18.6 Å². The minimum atomic E-state index is -0.209. The molecule has 1 aromatic carbocycles. The highest BCUT2D eigenvalue weighted by Crippen LogP contribution is 2.13. The zero-order valence-corrected chi connectivity index (χ0v) is 17.1. The molecule has 3 heterocycles. The number of nitrogens with one attached hydrogen (secondary N) is 1. The van der Waals surface area contributed by atoms with Crippen molar-refractivity contribution < 1.29 is 4.79 Å². The molecule has 1 N–H and O–H groups in total. The SMILES string of the molecule is CCn1nccc1C(=O)NCCn1c(=O)n(Cc2cccc(C)c2)c2cccnc21. The van der Waals surface area contributed by atoms with Crippen LogP contribution in [0.15, 0.2) is 59.7 Å². The van der Waals surface area contributed by atoms with Gasteiger partial charge in [-0.25, -0.2) is 9.78 Å². The highest BCUT2D eigenvalue weighted by Gasteiger charge is 2.15. The smallest absolute Gasteiger partial charge is 0.330 e. The Morgan fingerprint density at radius 1 is 1.10 bits per heavy atom. The van der Waals surface area contributed by atoms with Gasteiger partial charge in [0.05, 0.1) is 12.1 Å². The van der Waals surface area contributed by atoms with Gasteiger partial charge in [0.1, 0.15) is 5.69 Å². The molecule has 0 saturated carbocycles. The maximum Gasteiger partial charge on any atom is 0.330 e. The van der Waals surface area contributed by atoms with Crippen LogP contribution >= 0.6 is 0 Å². The molecule has 0 saturated heterocycles. The van der Waals surface area contributed by atoms with Crippen molar-refractivity contribution in [2.75, 3.05) is 6.54 Å². The minimum Gasteiger partial charge on any atom is -0.349 e. The second-order valence-corrected chi connectivity index (χ2v) is 7.14. The molecule has 4 rings (SSSR count). The number of pyridine rings is 1. The maximum atomic E-state index is 13.1. The summed E-state index contributed by atoms with van der Waals surface area (Å²) in [6.07, 6.45) is 3.28. The lowest BCUT2D eigenvalue weighted by atomic mass is 10.1. The standard InChI is InChI=1S/C22H24N6O2/c1-3-28-19(9-11-25-28)21(29)24-12-13-26-20-18(8-5-10-23-20)27(22(26)30)15-17-7-4-6-16(2)14-17/h4-11,14H,3,12-13,15H2,1-2H3,(H,24,29). The average Bonchev–Trinajstić information content (AvgIpc) is 3.32. The van der Waals surface area contributed by atoms with Gasteiger partial charge in [-0.2, -0.15) is 5.10 Å². The molecule has 30 heavy (non-hydrogen) atoms. The van der Waals surface area contributed by atoms with Gasteiger partial charge in [0.15, 0.2) is 5.65 Å². The number of rotatable bonds is 7. The molecule has 0 radical (unpaired) electrons. The second kappa shape index (κ2) is 8.36. The Labute approximate surface area is 173 Å². The molecular weight excluding hydrogens is 380 g/mol. The summed E-state index contributed by atoms with van der Waals surface area (Å²) >= 11 is 0. The number of amides is 1. The highest BCUT2D eigenvalue weighted by atomic mass is 16.2. The molecule has 0 aliphatic carbocycles. The van der Waals surface area contributed by atoms with E-state index in [4.69, 9.17) is 0 Å². The number of carbonyl (C=O) groups excluding carboxylic acids is 1. The van der Waals surface area contributed by atoms with Gasteiger partial charge in [-0.05, 0) is 37.6 Å². The van der Waals surface area contributed by atoms with Crippen molar-refractivity contribution >= 4 is 17.1 Å². The Hall–Kier alpha value is -3.68. The highest BCUT2D eigenvalue weighted by molar-refractivity contribution is 5.92. The molecule has 0 atom stereocenters. The quantitative estimate of drug-likeness (QED) is 0.512. The first kappa shape index (κ1) is 19.6. The summed E-state index contributed by atoms with van der Waals surface area (Å²) in [6.45, 7) is 5.69. The number of nitrogens with zero attached hydrogens (tertiary/aromatic N) is 5. The molecule has 0 bridgehead atoms. The van der Waals surface area contributed by atoms with Crippen LogP contribution in [0.25, 0.3) is 11.2 Å². The molecule has 3 aromatic heterocycles. The second-order valence-electron chi connectivity index (χ2n) is 7.14. The van der Waals surface area contributed by atoms with E-state index in [0.717, 1.165) is 16.6 Å². The van der Waals surface area contributed by atoms with Crippen LogP contribution in [-0.2, 0) is 19.6 Å². The third kappa shape index (κ3) is 3.76. The molecule has 0 aliphatic rings. The fraction of sp³-hybridized carbons (Fsp3) is 0.273. The molecule has 0 spiro atoms. The summed E-state index contributed by atoms with van der Waals surface area (Å²) in [7, 11) is 0. The summed E-state index contributed by atoms with van der Waals surface area (Å²) in [5, 5.41) is 6.98. The predicted octanol–water partition coefficient (Wildman–Crippen LogP) is 2.20. The van der Waals surface area contributed by atoms with Gasteiger partial charge in [0.25, 0.3) is 5.91 Å². The third-order valence-electron chi connectivity index (χ3n) is 5.07. The fourth-order valence-electron chi connectivity index (χ4n) is 3.64. The number of benzene rings is 1. The van der Waals surface area contributed by atoms with Crippen LogP contribution in [0.3, 0.4) is 0 Å². The van der Waals surface area contributed by atoms with Crippen molar-refractivity contribution in [3.8, 4) is 0 Å². The predicted molar refractivity (Wildman–Crippen MR) is 115 cm³/mol. The van der Waals surface area contributed by atoms with E-state index >= 15 is 0 Å². The molecular formula is C22H24N6O2. The Kier molecular flexibility index (Phi) is 5.47. The number of fused-ring (bicyclic) bond motifs is 1. The van der Waals surface area contributed by atoms with Crippen molar-refractivity contribution in [2.45, 2.75) is 33.5 Å². The summed E-state index contributed by atoms with van der Waals surface area (Å²) in [6, 6.07) is 13.5. The van der Waals surface area contributed by atoms with E-state index in [9.17, 15) is 9.59 Å². The molecule has 0 fully saturated rings. The number of aryl methyl sites for hydroxylation is 2. The Morgan fingerprint density at radius 2 is 1.97 bits per heavy atom. The Bertz CT molecular complexity index is 1250. The minimum absolute atomic E-state index is 0.141. The first-order valence-electron chi connectivity index (χ1n) is 9.98. The summed E-state index contributed by atoms with van der Waals surface area (Å²) in [4.78, 5) is 30.0. The third-order valence-corrected chi connectivity index (χ3v) is 5.07. The molecule has 8 heteroatoms. The van der Waals surface area contributed by atoms with Gasteiger partial charge < -0.3 is 5.32 Å². The molecule has 154 valence electrons. The van der Waals surface area contributed by atoms with Crippen molar-refractivity contribution in [3.63, 3.8) is 0 Å². The number of hydrogen-bond donors (Lipinski definition) is 1. The Morgan fingerprint density at radius 3 is 2.77 bits per heavy atom. The van der Waals surface area contributed by atoms with Crippen LogP contribution in [0.1, 0.15) is 28.5 Å². The van der Waals surface area contributed by atoms with E-state index in [-0.39, 0.29) is 11.6 Å². The normalized spacial score (nSPS) is 11.1. The zero-order valence-electron chi connectivity index (χ0n) is 17.1. The summed E-state index contributed by atoms with van der Waals surface area (Å²) < 4.78 is 4.98. The largest absolute Gasteiger partial charge is 0.349 e. The van der Waals surface area contributed by atoms with Crippen LogP contribution in [0, 0.1) is 6.92 Å². The van der Waals surface area contributed by atoms with E-state index in [2.05, 4.69) is 21.5 Å². The van der Waals surface area contributed by atoms with E-state index in [1.165, 1.54) is 0 Å². The molecule has 4 aromatic rings. The molecule has 0 aliphatic heterocycles. The van der Waals surface area contributed by atoms with Crippen LogP contribution in [0.4, 0.5) is 0 Å². The maximum absolute atomic E-state index is 13.1. The van der Waals surface area contributed by atoms with Gasteiger partial charge in [0.2, 0.25) is 0 Å². The number of aromatic nitrogens is 5. The first-order chi connectivity index (χ1) is 14.6. The van der Waals surface area contributed by atoms with E-state index in [1.807, 2.05) is 44.2 Å². The lowest BCUT2D eigenvalue weighted by Crippen LogP contribution is -2.32. The van der Waals surface area contributed by atoms with Gasteiger partial charge in [-0.15, -0.1) is 0 Å². The Balaban J connectivity index is 1.56. The van der Waals surface area contributed by atoms with E-state index in [1.54, 1.807) is 32.3 Å². The fourth-order valence-corrected chi connectivity index (χ4v) is 3.64. The lowest BCUT2D eigenvalue weighted by molar-refractivity contribution is 0.0941. The van der Waals surface area contributed by atoms with Gasteiger partial charge in [-0.1, -0.05) is 29.8 Å². The number of hydrogen-bond acceptors (Lipinski definition) is 4. The molecule has 8 nitrogen and oxygen atoms in total. The zero-order chi connectivity index (χ0) is 21.1. The van der Waals surface area contributed by atoms with Crippen LogP contribution in [-0.4, -0.2) is 36.4 Å². The van der Waals surface area contributed by atoms with Gasteiger partial charge >= 0.3 is 5.69 Å². The number of carbonyl (C=O) groups is 1. The molecule has 0 unspecified atom stereocenters. The van der Waals surface area contributed by atoms with E-state index < -0.39 is 0 Å². The van der Waals surface area contributed by atoms with Gasteiger partial charge in [0, 0.05) is 32.0 Å². The topological polar surface area (TPSA) is 86.7 Å².